The molecule has 0 aromatic heterocycles. The summed E-state index contributed by atoms with van der Waals surface area (Å²) in [6.07, 6.45) is 0. The lowest BCUT2D eigenvalue weighted by molar-refractivity contribution is 0.0655. The third kappa shape index (κ3) is 2.83. The van der Waals surface area contributed by atoms with E-state index in [1.54, 1.807) is 0 Å². The van der Waals surface area contributed by atoms with E-state index in [-0.39, 0.29) is 53.9 Å². The first-order valence-corrected chi connectivity index (χ1v) is 11.3. The molecular weight excluding hydrogens is 528 g/mol. The molecule has 0 unspecified atom stereocenters. The largest absolute Gasteiger partial charge is 0.478 e. The molecule has 0 saturated carbocycles. The topological polar surface area (TPSA) is 224 Å². The Hall–Kier alpha value is -6.04. The van der Waals surface area contributed by atoms with Crippen molar-refractivity contribution in [1.82, 2.24) is 0 Å². The molecule has 6 N–H and O–H groups in total. The molecule has 6 aromatic carbocycles. The third-order valence-electron chi connectivity index (χ3n) is 7.24. The number of rotatable bonds is 6. The lowest BCUT2D eigenvalue weighted by atomic mass is 9.78. The van der Waals surface area contributed by atoms with E-state index in [9.17, 15) is 59.4 Å². The molecule has 0 spiro atoms. The smallest absolute Gasteiger partial charge is 0.337 e. The first-order valence-electron chi connectivity index (χ1n) is 11.3. The molecule has 0 atom stereocenters. The molecule has 196 valence electrons. The Labute approximate surface area is 219 Å². The van der Waals surface area contributed by atoms with Gasteiger partial charge in [-0.25, -0.2) is 28.8 Å². The zero-order chi connectivity index (χ0) is 28.9. The van der Waals surface area contributed by atoms with Crippen molar-refractivity contribution in [1.29, 1.82) is 0 Å². The Morgan fingerprint density at radius 3 is 0.925 bits per heavy atom. The second-order valence-corrected chi connectivity index (χ2v) is 9.10. The van der Waals surface area contributed by atoms with Gasteiger partial charge < -0.3 is 30.6 Å². The number of carboxylic acids is 6. The number of carboxylic acid groups (broad SMARTS) is 6. The molecule has 0 aliphatic rings. The van der Waals surface area contributed by atoms with Crippen molar-refractivity contribution in [3.05, 3.63) is 69.8 Å². The summed E-state index contributed by atoms with van der Waals surface area (Å²) in [4.78, 5) is 74.1. The van der Waals surface area contributed by atoms with Crippen LogP contribution >= 0.6 is 0 Å². The summed E-state index contributed by atoms with van der Waals surface area (Å²) in [6, 6.07) is 6.72. The summed E-state index contributed by atoms with van der Waals surface area (Å²) < 4.78 is 0. The Morgan fingerprint density at radius 1 is 0.350 bits per heavy atom. The van der Waals surface area contributed by atoms with Crippen LogP contribution < -0.4 is 0 Å². The minimum Gasteiger partial charge on any atom is -0.478 e. The summed E-state index contributed by atoms with van der Waals surface area (Å²) in [7, 11) is 0. The van der Waals surface area contributed by atoms with Crippen LogP contribution in [0.5, 0.6) is 0 Å². The normalized spacial score (nSPS) is 11.7. The van der Waals surface area contributed by atoms with Gasteiger partial charge in [-0.15, -0.1) is 0 Å². The maximum Gasteiger partial charge on any atom is 0.337 e. The van der Waals surface area contributed by atoms with E-state index < -0.39 is 69.2 Å². The van der Waals surface area contributed by atoms with Crippen molar-refractivity contribution in [2.75, 3.05) is 0 Å². The van der Waals surface area contributed by atoms with Crippen molar-refractivity contribution >= 4 is 89.7 Å². The average molecular weight is 540 g/mol. The third-order valence-corrected chi connectivity index (χ3v) is 7.24. The van der Waals surface area contributed by atoms with Crippen LogP contribution in [0.25, 0.3) is 53.9 Å². The monoisotopic (exact) mass is 540 g/mol. The molecule has 0 saturated heterocycles. The first kappa shape index (κ1) is 24.3. The molecule has 6 aromatic rings. The molecule has 0 heterocycles. The van der Waals surface area contributed by atoms with Crippen LogP contribution in [-0.2, 0) is 0 Å². The van der Waals surface area contributed by atoms with Gasteiger partial charge in [0.25, 0.3) is 0 Å². The predicted octanol–water partition coefficient (Wildman–Crippen LogP) is 4.52. The minimum absolute atomic E-state index is 0.000751. The van der Waals surface area contributed by atoms with Crippen LogP contribution in [-0.4, -0.2) is 66.5 Å². The second-order valence-electron chi connectivity index (χ2n) is 9.10. The van der Waals surface area contributed by atoms with Gasteiger partial charge in [0.2, 0.25) is 0 Å². The summed E-state index contributed by atoms with van der Waals surface area (Å²) in [6.45, 7) is 0. The second kappa shape index (κ2) is 7.74. The molecule has 0 fully saturated rings. The summed E-state index contributed by atoms with van der Waals surface area (Å²) in [5.74, 6) is -9.69. The highest BCUT2D eigenvalue weighted by molar-refractivity contribution is 6.46. The molecular formula is C28H12O12. The van der Waals surface area contributed by atoms with Gasteiger partial charge in [0.1, 0.15) is 0 Å². The highest BCUT2D eigenvalue weighted by Gasteiger charge is 2.33. The molecule has 0 bridgehead atoms. The highest BCUT2D eigenvalue weighted by Crippen LogP contribution is 2.50. The van der Waals surface area contributed by atoms with Gasteiger partial charge >= 0.3 is 35.8 Å². The van der Waals surface area contributed by atoms with Gasteiger partial charge in [0.15, 0.2) is 0 Å². The summed E-state index contributed by atoms with van der Waals surface area (Å²) in [5.41, 5.74) is -3.70. The molecule has 0 aliphatic carbocycles. The van der Waals surface area contributed by atoms with E-state index in [4.69, 9.17) is 0 Å². The quantitative estimate of drug-likeness (QED) is 0.127. The lowest BCUT2D eigenvalue weighted by Gasteiger charge is -2.23. The maximum atomic E-state index is 12.5. The number of benzene rings is 6. The molecule has 40 heavy (non-hydrogen) atoms. The van der Waals surface area contributed by atoms with E-state index in [0.29, 0.717) is 0 Å². The van der Waals surface area contributed by atoms with E-state index in [1.807, 2.05) is 0 Å². The average Bonchev–Trinajstić information content (AvgIpc) is 2.88. The SMILES string of the molecule is O=C(O)c1c(C(=O)O)c2cc(C(=O)O)c3c(C(=O)O)ccc4c5ccc(C(=O)O)c6c(C(=O)O)cc1c(c65)c2c34. The van der Waals surface area contributed by atoms with Gasteiger partial charge in [0, 0.05) is 10.8 Å². The van der Waals surface area contributed by atoms with Crippen molar-refractivity contribution in [3.8, 4) is 0 Å². The number of hydrogen-bond donors (Lipinski definition) is 6. The van der Waals surface area contributed by atoms with Crippen LogP contribution in [0.2, 0.25) is 0 Å². The minimum atomic E-state index is -1.76. The molecule has 12 heteroatoms. The number of aromatic carboxylic acids is 6. The lowest BCUT2D eigenvalue weighted by Crippen LogP contribution is -2.14. The van der Waals surface area contributed by atoms with Crippen molar-refractivity contribution < 1.29 is 59.4 Å². The first-order chi connectivity index (χ1) is 18.9. The van der Waals surface area contributed by atoms with Crippen LogP contribution in [0.3, 0.4) is 0 Å². The van der Waals surface area contributed by atoms with E-state index >= 15 is 0 Å². The Kier molecular flexibility index (Phi) is 4.70. The molecule has 0 amide bonds. The molecule has 12 nitrogen and oxygen atoms in total. The number of carbonyl (C=O) groups is 6. The summed E-state index contributed by atoms with van der Waals surface area (Å²) >= 11 is 0. The highest BCUT2D eigenvalue weighted by atomic mass is 16.4. The van der Waals surface area contributed by atoms with Gasteiger partial charge in [-0.2, -0.15) is 0 Å². The van der Waals surface area contributed by atoms with Crippen LogP contribution in [0.15, 0.2) is 36.4 Å². The van der Waals surface area contributed by atoms with Gasteiger partial charge in [-0.1, -0.05) is 12.1 Å². The molecule has 0 aliphatic heterocycles. The number of hydrogen-bond acceptors (Lipinski definition) is 6. The Bertz CT molecular complexity index is 2070. The number of fused-ring (bicyclic) bond motifs is 1. The van der Waals surface area contributed by atoms with E-state index in [1.165, 1.54) is 12.1 Å². The molecule has 6 rings (SSSR count). The van der Waals surface area contributed by atoms with Gasteiger partial charge in [-0.05, 0) is 67.4 Å². The van der Waals surface area contributed by atoms with Crippen molar-refractivity contribution in [3.63, 3.8) is 0 Å². The molecule has 0 radical (unpaired) electrons. The fraction of sp³-hybridized carbons (Fsp3) is 0. The summed E-state index contributed by atoms with van der Waals surface area (Å²) in [5, 5.41) is 59.2. The zero-order valence-electron chi connectivity index (χ0n) is 19.6. The fourth-order valence-electron chi connectivity index (χ4n) is 5.90. The maximum absolute atomic E-state index is 12.5. The standard InChI is InChI=1S/C28H12O12/c29-23(30)9-3-1-7-8-2-4-10(24(31)32)16-14(26(35)36)6-12-20(18(8)16)19-11(21(27(37)38)22(12)28(39)40)5-13(25(33)34)15(9)17(7)19/h1-6H,(H,29,30)(H,31,32)(H,33,34)(H,35,36)(H,37,38)(H,39,40). The van der Waals surface area contributed by atoms with Crippen molar-refractivity contribution in [2.24, 2.45) is 0 Å². The Morgan fingerprint density at radius 2 is 0.650 bits per heavy atom. The van der Waals surface area contributed by atoms with Crippen LogP contribution in [0.1, 0.15) is 62.1 Å². The fourth-order valence-corrected chi connectivity index (χ4v) is 5.90. The van der Waals surface area contributed by atoms with Crippen LogP contribution in [0, 0.1) is 0 Å². The van der Waals surface area contributed by atoms with Crippen molar-refractivity contribution in [2.45, 2.75) is 0 Å². The van der Waals surface area contributed by atoms with Gasteiger partial charge in [0.05, 0.1) is 33.4 Å². The predicted molar refractivity (Wildman–Crippen MR) is 138 cm³/mol. The Balaban J connectivity index is 2.16. The van der Waals surface area contributed by atoms with E-state index in [2.05, 4.69) is 0 Å². The zero-order valence-corrected chi connectivity index (χ0v) is 19.6. The van der Waals surface area contributed by atoms with E-state index in [0.717, 1.165) is 24.3 Å². The van der Waals surface area contributed by atoms with Crippen LogP contribution in [0.4, 0.5) is 0 Å². The van der Waals surface area contributed by atoms with Gasteiger partial charge in [-0.3, -0.25) is 0 Å².